The third-order valence-corrected chi connectivity index (χ3v) is 5.59. The van der Waals surface area contributed by atoms with Crippen LogP contribution in [0.2, 0.25) is 0 Å². The summed E-state index contributed by atoms with van der Waals surface area (Å²) in [5.41, 5.74) is 1.58. The Kier molecular flexibility index (Phi) is 5.30. The van der Waals surface area contributed by atoms with E-state index in [9.17, 15) is 8.42 Å². The van der Waals surface area contributed by atoms with E-state index in [1.54, 1.807) is 12.1 Å². The Balaban J connectivity index is 1.80. The fourth-order valence-corrected chi connectivity index (χ4v) is 4.12. The lowest BCUT2D eigenvalue weighted by Gasteiger charge is -2.30. The monoisotopic (exact) mass is 346 g/mol. The average Bonchev–Trinajstić information content (AvgIpc) is 2.61. The van der Waals surface area contributed by atoms with Gasteiger partial charge < -0.3 is 9.64 Å². The van der Waals surface area contributed by atoms with Crippen LogP contribution in [0.4, 0.5) is 0 Å². The third kappa shape index (κ3) is 4.02. The highest BCUT2D eigenvalue weighted by molar-refractivity contribution is 7.89. The molecule has 3 rings (SSSR count). The zero-order chi connectivity index (χ0) is 17.0. The van der Waals surface area contributed by atoms with Crippen molar-refractivity contribution in [3.8, 4) is 11.1 Å². The van der Waals surface area contributed by atoms with Gasteiger partial charge in [0.25, 0.3) is 0 Å². The summed E-state index contributed by atoms with van der Waals surface area (Å²) in [6, 6.07) is 16.6. The van der Waals surface area contributed by atoms with Gasteiger partial charge in [0, 0.05) is 25.2 Å². The number of morpholine rings is 1. The Morgan fingerprint density at radius 2 is 1.83 bits per heavy atom. The van der Waals surface area contributed by atoms with Gasteiger partial charge in [0.05, 0.1) is 17.6 Å². The zero-order valence-corrected chi connectivity index (χ0v) is 14.5. The van der Waals surface area contributed by atoms with Crippen LogP contribution in [0.3, 0.4) is 0 Å². The van der Waals surface area contributed by atoms with Gasteiger partial charge in [0.15, 0.2) is 0 Å². The quantitative estimate of drug-likeness (QED) is 0.899. The lowest BCUT2D eigenvalue weighted by atomic mass is 10.1. The summed E-state index contributed by atoms with van der Waals surface area (Å²) in [5, 5.41) is 0. The second kappa shape index (κ2) is 7.44. The minimum atomic E-state index is -3.60. The minimum Gasteiger partial charge on any atom is -0.374 e. The predicted octanol–water partition coefficient (Wildman–Crippen LogP) is 1.96. The number of rotatable bonds is 5. The summed E-state index contributed by atoms with van der Waals surface area (Å²) in [4.78, 5) is 2.43. The molecular weight excluding hydrogens is 324 g/mol. The number of hydrogen-bond donors (Lipinski definition) is 1. The Morgan fingerprint density at radius 1 is 1.12 bits per heavy atom. The predicted molar refractivity (Wildman–Crippen MR) is 94.3 cm³/mol. The van der Waals surface area contributed by atoms with Crippen molar-refractivity contribution in [2.24, 2.45) is 0 Å². The third-order valence-electron chi connectivity index (χ3n) is 4.10. The van der Waals surface area contributed by atoms with Crippen LogP contribution in [0.15, 0.2) is 59.5 Å². The van der Waals surface area contributed by atoms with Crippen molar-refractivity contribution in [3.05, 3.63) is 54.6 Å². The first-order valence-corrected chi connectivity index (χ1v) is 9.49. The molecule has 24 heavy (non-hydrogen) atoms. The number of nitrogens with one attached hydrogen (secondary N) is 1. The van der Waals surface area contributed by atoms with E-state index in [-0.39, 0.29) is 12.6 Å². The van der Waals surface area contributed by atoms with Gasteiger partial charge in [-0.1, -0.05) is 48.5 Å². The lowest BCUT2D eigenvalue weighted by Crippen LogP contribution is -2.45. The molecule has 0 unspecified atom stereocenters. The second-order valence-electron chi connectivity index (χ2n) is 5.97. The van der Waals surface area contributed by atoms with Gasteiger partial charge in [-0.05, 0) is 18.7 Å². The maximum Gasteiger partial charge on any atom is 0.241 e. The molecule has 2 aromatic carbocycles. The van der Waals surface area contributed by atoms with Crippen LogP contribution >= 0.6 is 0 Å². The van der Waals surface area contributed by atoms with E-state index in [4.69, 9.17) is 4.74 Å². The van der Waals surface area contributed by atoms with E-state index in [0.717, 1.165) is 18.7 Å². The Morgan fingerprint density at radius 3 is 2.58 bits per heavy atom. The van der Waals surface area contributed by atoms with Crippen LogP contribution in [-0.2, 0) is 14.8 Å². The molecule has 5 nitrogen and oxygen atoms in total. The molecule has 1 aliphatic rings. The molecular formula is C18H22N2O3S. The Hall–Kier alpha value is -1.73. The molecule has 0 radical (unpaired) electrons. The first-order valence-electron chi connectivity index (χ1n) is 8.00. The Labute approximate surface area is 143 Å². The van der Waals surface area contributed by atoms with Gasteiger partial charge in [-0.25, -0.2) is 13.1 Å². The molecule has 1 fully saturated rings. The molecule has 0 saturated carbocycles. The maximum absolute atomic E-state index is 12.8. The molecule has 0 spiro atoms. The minimum absolute atomic E-state index is 0.123. The second-order valence-corrected chi connectivity index (χ2v) is 7.70. The normalized spacial score (nSPS) is 19.3. The number of ether oxygens (including phenoxy) is 1. The van der Waals surface area contributed by atoms with Crippen molar-refractivity contribution in [2.45, 2.75) is 11.0 Å². The van der Waals surface area contributed by atoms with Crippen molar-refractivity contribution in [2.75, 3.05) is 33.3 Å². The summed E-state index contributed by atoms with van der Waals surface area (Å²) in [6.07, 6.45) is -0.123. The highest BCUT2D eigenvalue weighted by Crippen LogP contribution is 2.26. The summed E-state index contributed by atoms with van der Waals surface area (Å²) >= 11 is 0. The van der Waals surface area contributed by atoms with Crippen LogP contribution in [0.1, 0.15) is 0 Å². The zero-order valence-electron chi connectivity index (χ0n) is 13.7. The van der Waals surface area contributed by atoms with Crippen LogP contribution in [0.25, 0.3) is 11.1 Å². The van der Waals surface area contributed by atoms with Crippen molar-refractivity contribution in [1.29, 1.82) is 0 Å². The first-order chi connectivity index (χ1) is 11.6. The highest BCUT2D eigenvalue weighted by atomic mass is 32.2. The molecule has 0 aliphatic carbocycles. The SMILES string of the molecule is CN1CCO[C@H](CNS(=O)(=O)c2ccccc2-c2ccccc2)C1. The standard InChI is InChI=1S/C18H22N2O3S/c1-20-11-12-23-16(14-20)13-19-24(21,22)18-10-6-5-9-17(18)15-7-3-2-4-8-15/h2-10,16,19H,11-14H2,1H3/t16-/m1/s1. The molecule has 0 aromatic heterocycles. The van der Waals surface area contributed by atoms with Gasteiger partial charge in [-0.3, -0.25) is 0 Å². The Bertz CT molecular complexity index is 778. The van der Waals surface area contributed by atoms with Gasteiger partial charge in [0.2, 0.25) is 10.0 Å². The van der Waals surface area contributed by atoms with Crippen LogP contribution in [-0.4, -0.2) is 52.7 Å². The molecule has 1 atom stereocenters. The number of likely N-dealkylation sites (N-methyl/N-ethyl adjacent to an activating group) is 1. The first kappa shape index (κ1) is 17.1. The van der Waals surface area contributed by atoms with E-state index in [2.05, 4.69) is 9.62 Å². The van der Waals surface area contributed by atoms with Crippen molar-refractivity contribution in [3.63, 3.8) is 0 Å². The van der Waals surface area contributed by atoms with Gasteiger partial charge in [0.1, 0.15) is 0 Å². The van der Waals surface area contributed by atoms with Gasteiger partial charge in [-0.2, -0.15) is 0 Å². The number of benzene rings is 2. The van der Waals surface area contributed by atoms with Crippen molar-refractivity contribution < 1.29 is 13.2 Å². The van der Waals surface area contributed by atoms with Gasteiger partial charge in [-0.15, -0.1) is 0 Å². The molecule has 0 amide bonds. The van der Waals surface area contributed by atoms with Gasteiger partial charge >= 0.3 is 0 Å². The molecule has 1 aliphatic heterocycles. The molecule has 0 bridgehead atoms. The van der Waals surface area contributed by atoms with Crippen LogP contribution < -0.4 is 4.72 Å². The largest absolute Gasteiger partial charge is 0.374 e. The summed E-state index contributed by atoms with van der Waals surface area (Å²) in [5.74, 6) is 0. The van der Waals surface area contributed by atoms with Crippen LogP contribution in [0, 0.1) is 0 Å². The van der Waals surface area contributed by atoms with Crippen molar-refractivity contribution >= 4 is 10.0 Å². The highest BCUT2D eigenvalue weighted by Gasteiger charge is 2.23. The van der Waals surface area contributed by atoms with E-state index in [0.29, 0.717) is 17.1 Å². The molecule has 1 N–H and O–H groups in total. The molecule has 6 heteroatoms. The fourth-order valence-electron chi connectivity index (χ4n) is 2.83. The van der Waals surface area contributed by atoms with E-state index in [1.807, 2.05) is 49.5 Å². The fraction of sp³-hybridized carbons (Fsp3) is 0.333. The average molecular weight is 346 g/mol. The topological polar surface area (TPSA) is 58.6 Å². The van der Waals surface area contributed by atoms with E-state index in [1.165, 1.54) is 0 Å². The van der Waals surface area contributed by atoms with Crippen molar-refractivity contribution in [1.82, 2.24) is 9.62 Å². The number of sulfonamides is 1. The molecule has 1 saturated heterocycles. The smallest absolute Gasteiger partial charge is 0.241 e. The summed E-state index contributed by atoms with van der Waals surface area (Å²) in [6.45, 7) is 2.50. The van der Waals surface area contributed by atoms with E-state index < -0.39 is 10.0 Å². The van der Waals surface area contributed by atoms with E-state index >= 15 is 0 Å². The number of nitrogens with zero attached hydrogens (tertiary/aromatic N) is 1. The molecule has 2 aromatic rings. The number of hydrogen-bond acceptors (Lipinski definition) is 4. The summed E-state index contributed by atoms with van der Waals surface area (Å²) in [7, 11) is -1.60. The molecule has 128 valence electrons. The van der Waals surface area contributed by atoms with Crippen LogP contribution in [0.5, 0.6) is 0 Å². The lowest BCUT2D eigenvalue weighted by molar-refractivity contribution is -0.0156. The summed E-state index contributed by atoms with van der Waals surface area (Å²) < 4.78 is 33.9. The molecule has 1 heterocycles. The maximum atomic E-state index is 12.8.